The Bertz CT molecular complexity index is 1700. The van der Waals surface area contributed by atoms with Crippen molar-refractivity contribution in [3.8, 4) is 11.3 Å². The van der Waals surface area contributed by atoms with Gasteiger partial charge in [0, 0.05) is 18.7 Å². The third-order valence-electron chi connectivity index (χ3n) is 6.98. The average molecular weight is 594 g/mol. The average Bonchev–Trinajstić information content (AvgIpc) is 3.30. The van der Waals surface area contributed by atoms with Crippen molar-refractivity contribution in [2.75, 3.05) is 35.5 Å². The van der Waals surface area contributed by atoms with Gasteiger partial charge in [0.05, 0.1) is 46.1 Å². The Morgan fingerprint density at radius 3 is 2.62 bits per heavy atom. The molecule has 2 aromatic carbocycles. The Hall–Kier alpha value is -3.55. The fourth-order valence-corrected chi connectivity index (χ4v) is 6.58. The molecule has 1 saturated heterocycles. The molecule has 0 saturated carbocycles. The van der Waals surface area contributed by atoms with Gasteiger partial charge >= 0.3 is 0 Å². The van der Waals surface area contributed by atoms with E-state index in [1.54, 1.807) is 15.6 Å². The molecule has 1 fully saturated rings. The second-order valence-corrected chi connectivity index (χ2v) is 11.5. The summed E-state index contributed by atoms with van der Waals surface area (Å²) in [7, 11) is -2.65. The van der Waals surface area contributed by atoms with Crippen LogP contribution in [-0.2, 0) is 16.6 Å². The molecule has 4 N–H and O–H groups in total. The van der Waals surface area contributed by atoms with Crippen LogP contribution in [0.3, 0.4) is 0 Å². The number of halogens is 4. The SMILES string of the molecule is CCn1nc(-c2ccc(NS(=O)(=O)c3ccccc3Cl)c(F)c2)c2c(N)ncc(N3CCC(NC)C(F)(F)C3)c21. The minimum atomic E-state index is -4.16. The number of sulfonamides is 1. The van der Waals surface area contributed by atoms with E-state index in [0.29, 0.717) is 40.9 Å². The molecule has 3 heterocycles. The van der Waals surface area contributed by atoms with Gasteiger partial charge in [0.15, 0.2) is 0 Å². The van der Waals surface area contributed by atoms with Gasteiger partial charge in [-0.05, 0) is 44.7 Å². The number of nitrogens with two attached hydrogens (primary N) is 1. The number of benzene rings is 2. The van der Waals surface area contributed by atoms with E-state index in [4.69, 9.17) is 17.3 Å². The molecule has 0 spiro atoms. The summed E-state index contributed by atoms with van der Waals surface area (Å²) in [6.07, 6.45) is 1.68. The van der Waals surface area contributed by atoms with Crippen molar-refractivity contribution in [1.82, 2.24) is 20.1 Å². The number of nitrogens with one attached hydrogen (secondary N) is 2. The summed E-state index contributed by atoms with van der Waals surface area (Å²) < 4.78 is 74.3. The van der Waals surface area contributed by atoms with Gasteiger partial charge in [-0.2, -0.15) is 5.10 Å². The molecule has 1 aliphatic rings. The van der Waals surface area contributed by atoms with Crippen LogP contribution in [0, 0.1) is 5.82 Å². The Balaban J connectivity index is 1.55. The lowest BCUT2D eigenvalue weighted by molar-refractivity contribution is -0.0402. The van der Waals surface area contributed by atoms with Gasteiger partial charge in [0.25, 0.3) is 15.9 Å². The summed E-state index contributed by atoms with van der Waals surface area (Å²) in [5.41, 5.74) is 7.51. The highest BCUT2D eigenvalue weighted by molar-refractivity contribution is 7.92. The zero-order valence-electron chi connectivity index (χ0n) is 21.6. The Morgan fingerprint density at radius 1 is 1.23 bits per heavy atom. The first-order chi connectivity index (χ1) is 19.0. The highest BCUT2D eigenvalue weighted by Crippen LogP contribution is 2.40. The normalized spacial score (nSPS) is 17.4. The first-order valence-corrected chi connectivity index (χ1v) is 14.3. The Kier molecular flexibility index (Phi) is 7.31. The zero-order valence-corrected chi connectivity index (χ0v) is 23.2. The quantitative estimate of drug-likeness (QED) is 0.284. The van der Waals surface area contributed by atoms with Crippen LogP contribution < -0.4 is 20.7 Å². The van der Waals surface area contributed by atoms with Gasteiger partial charge in [-0.1, -0.05) is 29.8 Å². The second-order valence-electron chi connectivity index (χ2n) is 9.46. The molecule has 4 aromatic rings. The number of hydrogen-bond acceptors (Lipinski definition) is 7. The van der Waals surface area contributed by atoms with E-state index in [0.717, 1.165) is 6.07 Å². The van der Waals surface area contributed by atoms with Gasteiger partial charge < -0.3 is 16.0 Å². The van der Waals surface area contributed by atoms with Crippen LogP contribution >= 0.6 is 11.6 Å². The van der Waals surface area contributed by atoms with Crippen LogP contribution in [0.5, 0.6) is 0 Å². The van der Waals surface area contributed by atoms with Crippen LogP contribution in [0.15, 0.2) is 53.6 Å². The second kappa shape index (κ2) is 10.5. The number of aromatic nitrogens is 3. The van der Waals surface area contributed by atoms with E-state index in [2.05, 4.69) is 20.1 Å². The predicted molar refractivity (Wildman–Crippen MR) is 150 cm³/mol. The Labute approximate surface area is 234 Å². The number of anilines is 3. The van der Waals surface area contributed by atoms with Crippen molar-refractivity contribution < 1.29 is 21.6 Å². The van der Waals surface area contributed by atoms with Gasteiger partial charge in [0.1, 0.15) is 22.2 Å². The number of nitrogens with zero attached hydrogens (tertiary/aromatic N) is 4. The number of aryl methyl sites for hydroxylation is 1. The highest BCUT2D eigenvalue weighted by Gasteiger charge is 2.44. The van der Waals surface area contributed by atoms with Crippen molar-refractivity contribution >= 4 is 49.7 Å². The maximum Gasteiger partial charge on any atom is 0.280 e. The van der Waals surface area contributed by atoms with E-state index in [-0.39, 0.29) is 27.8 Å². The smallest absolute Gasteiger partial charge is 0.280 e. The number of rotatable bonds is 7. The predicted octanol–water partition coefficient (Wildman–Crippen LogP) is 4.73. The molecule has 0 aliphatic carbocycles. The lowest BCUT2D eigenvalue weighted by atomic mass is 10.00. The number of alkyl halides is 2. The molecular weight excluding hydrogens is 567 g/mol. The molecule has 5 rings (SSSR count). The molecule has 212 valence electrons. The van der Waals surface area contributed by atoms with E-state index >= 15 is 4.39 Å². The van der Waals surface area contributed by atoms with Gasteiger partial charge in [-0.15, -0.1) is 0 Å². The van der Waals surface area contributed by atoms with Crippen molar-refractivity contribution in [3.05, 3.63) is 59.5 Å². The molecule has 40 heavy (non-hydrogen) atoms. The van der Waals surface area contributed by atoms with E-state index in [1.165, 1.54) is 43.6 Å². The number of pyridine rings is 1. The summed E-state index contributed by atoms with van der Waals surface area (Å²) in [4.78, 5) is 5.63. The minimum Gasteiger partial charge on any atom is -0.383 e. The zero-order chi connectivity index (χ0) is 28.8. The topological polar surface area (TPSA) is 118 Å². The summed E-state index contributed by atoms with van der Waals surface area (Å²) >= 11 is 6.02. The maximum atomic E-state index is 15.3. The van der Waals surface area contributed by atoms with Crippen molar-refractivity contribution in [2.24, 2.45) is 0 Å². The largest absolute Gasteiger partial charge is 0.383 e. The van der Waals surface area contributed by atoms with Crippen LogP contribution in [-0.4, -0.2) is 55.3 Å². The first-order valence-electron chi connectivity index (χ1n) is 12.5. The Morgan fingerprint density at radius 2 is 1.98 bits per heavy atom. The van der Waals surface area contributed by atoms with Crippen molar-refractivity contribution in [2.45, 2.75) is 36.7 Å². The van der Waals surface area contributed by atoms with Gasteiger partial charge in [-0.3, -0.25) is 9.40 Å². The number of nitrogen functional groups attached to an aromatic ring is 1. The van der Waals surface area contributed by atoms with Crippen LogP contribution in [0.4, 0.5) is 30.4 Å². The third kappa shape index (κ3) is 4.93. The molecule has 9 nitrogen and oxygen atoms in total. The molecule has 1 aliphatic heterocycles. The number of piperidine rings is 1. The monoisotopic (exact) mass is 593 g/mol. The summed E-state index contributed by atoms with van der Waals surface area (Å²) in [5, 5.41) is 7.68. The number of hydrogen-bond donors (Lipinski definition) is 3. The third-order valence-corrected chi connectivity index (χ3v) is 8.84. The molecular formula is C26H27ClF3N7O2S. The highest BCUT2D eigenvalue weighted by atomic mass is 35.5. The van der Waals surface area contributed by atoms with Crippen LogP contribution in [0.1, 0.15) is 13.3 Å². The minimum absolute atomic E-state index is 0.00433. The van der Waals surface area contributed by atoms with Crippen LogP contribution in [0.2, 0.25) is 5.02 Å². The first kappa shape index (κ1) is 28.0. The summed E-state index contributed by atoms with van der Waals surface area (Å²) in [6.45, 7) is 2.07. The van der Waals surface area contributed by atoms with Gasteiger partial charge in [-0.25, -0.2) is 26.6 Å². The molecule has 0 radical (unpaired) electrons. The molecule has 0 amide bonds. The lowest BCUT2D eigenvalue weighted by Gasteiger charge is -2.39. The molecule has 1 unspecified atom stereocenters. The fraction of sp³-hybridized carbons (Fsp3) is 0.308. The molecule has 2 aromatic heterocycles. The van der Waals surface area contributed by atoms with Crippen LogP contribution in [0.25, 0.3) is 22.2 Å². The van der Waals surface area contributed by atoms with Gasteiger partial charge in [0.2, 0.25) is 0 Å². The molecule has 0 bridgehead atoms. The lowest BCUT2D eigenvalue weighted by Crippen LogP contribution is -2.56. The summed E-state index contributed by atoms with van der Waals surface area (Å²) in [6, 6.07) is 8.77. The van der Waals surface area contributed by atoms with Crippen molar-refractivity contribution in [3.63, 3.8) is 0 Å². The van der Waals surface area contributed by atoms with Crippen molar-refractivity contribution in [1.29, 1.82) is 0 Å². The standard InChI is InChI=1S/C26H27ClF3N7O2S/c1-3-37-24-19(36-11-10-21(32-2)26(29,30)14-36)13-33-25(31)22(24)23(34-37)15-8-9-18(17(28)12-15)35-40(38,39)20-7-5-4-6-16(20)27/h4-9,12-13,21,32,35H,3,10-11,14H2,1-2H3,(H2,31,33). The molecule has 1 atom stereocenters. The summed E-state index contributed by atoms with van der Waals surface area (Å²) in [5.74, 6) is -3.73. The fourth-order valence-electron chi connectivity index (χ4n) is 4.99. The van der Waals surface area contributed by atoms with E-state index in [9.17, 15) is 17.2 Å². The molecule has 14 heteroatoms. The number of fused-ring (bicyclic) bond motifs is 1. The maximum absolute atomic E-state index is 15.3. The van der Waals surface area contributed by atoms with E-state index < -0.39 is 34.3 Å². The van der Waals surface area contributed by atoms with E-state index in [1.807, 2.05) is 6.92 Å².